The average molecular weight is 570 g/mol. The number of halogens is 3. The molecule has 2 aromatic heterocycles. The number of nitriles is 1. The minimum atomic E-state index is -4.45. The number of rotatable bonds is 7. The highest BCUT2D eigenvalue weighted by molar-refractivity contribution is 5.86. The molecule has 1 unspecified atom stereocenters. The number of carbonyl (C=O) groups is 1. The number of nitrogens with one attached hydrogen (secondary N) is 1. The van der Waals surface area contributed by atoms with Crippen LogP contribution in [0.4, 0.5) is 19.0 Å². The third-order valence-electron chi connectivity index (χ3n) is 7.69. The Hall–Kier alpha value is -3.98. The van der Waals surface area contributed by atoms with E-state index >= 15 is 0 Å². The fraction of sp³-hybridized carbons (Fsp3) is 0.483. The molecule has 1 amide bonds. The molecule has 1 aromatic carbocycles. The molecule has 41 heavy (non-hydrogen) atoms. The molecule has 3 heterocycles. The zero-order valence-electron chi connectivity index (χ0n) is 23.7. The number of aryl methyl sites for hydroxylation is 1. The molecule has 1 aliphatic rings. The van der Waals surface area contributed by atoms with E-state index in [0.717, 1.165) is 12.1 Å². The van der Waals surface area contributed by atoms with Gasteiger partial charge >= 0.3 is 11.9 Å². The van der Waals surface area contributed by atoms with Gasteiger partial charge in [-0.25, -0.2) is 9.78 Å². The number of alkyl halides is 3. The molecule has 3 atom stereocenters. The predicted octanol–water partition coefficient (Wildman–Crippen LogP) is 4.02. The number of anilines is 1. The molecule has 3 aromatic rings. The van der Waals surface area contributed by atoms with Crippen molar-refractivity contribution < 1.29 is 18.0 Å². The first-order valence-corrected chi connectivity index (χ1v) is 13.6. The van der Waals surface area contributed by atoms with Gasteiger partial charge in [0.25, 0.3) is 0 Å². The number of piperazine rings is 1. The summed E-state index contributed by atoms with van der Waals surface area (Å²) in [6.45, 7) is 8.74. The van der Waals surface area contributed by atoms with Crippen LogP contribution >= 0.6 is 0 Å². The van der Waals surface area contributed by atoms with Crippen LogP contribution in [0.1, 0.15) is 57.0 Å². The Kier molecular flexibility index (Phi) is 8.68. The lowest BCUT2D eigenvalue weighted by Gasteiger charge is -2.49. The van der Waals surface area contributed by atoms with Crippen molar-refractivity contribution in [1.82, 2.24) is 24.8 Å². The summed E-state index contributed by atoms with van der Waals surface area (Å²) in [4.78, 5) is 38.3. The highest BCUT2D eigenvalue weighted by Crippen LogP contribution is 2.34. The maximum absolute atomic E-state index is 13.3. The number of pyridine rings is 1. The summed E-state index contributed by atoms with van der Waals surface area (Å²) in [5.74, 6) is 0.00802. The van der Waals surface area contributed by atoms with Gasteiger partial charge in [0.15, 0.2) is 5.82 Å². The number of carbonyl (C=O) groups excluding carboxylic acids is 1. The van der Waals surface area contributed by atoms with Crippen molar-refractivity contribution in [3.63, 3.8) is 0 Å². The third-order valence-corrected chi connectivity index (χ3v) is 7.69. The van der Waals surface area contributed by atoms with Gasteiger partial charge in [-0.2, -0.15) is 23.4 Å². The smallest absolute Gasteiger partial charge is 0.354 e. The molecule has 218 valence electrons. The summed E-state index contributed by atoms with van der Waals surface area (Å²) >= 11 is 0. The molecular weight excluding hydrogens is 535 g/mol. The number of hydrogen-bond donors (Lipinski definition) is 1. The Morgan fingerprint density at radius 2 is 1.83 bits per heavy atom. The van der Waals surface area contributed by atoms with Gasteiger partial charge in [0.1, 0.15) is 17.3 Å². The molecule has 9 nitrogen and oxygen atoms in total. The van der Waals surface area contributed by atoms with Gasteiger partial charge in [0, 0.05) is 44.7 Å². The second kappa shape index (κ2) is 11.9. The van der Waals surface area contributed by atoms with E-state index in [0.29, 0.717) is 41.9 Å². The van der Waals surface area contributed by atoms with Crippen LogP contribution in [0.25, 0.3) is 11.0 Å². The van der Waals surface area contributed by atoms with E-state index in [2.05, 4.69) is 20.2 Å². The molecule has 1 saturated heterocycles. The zero-order valence-corrected chi connectivity index (χ0v) is 23.7. The van der Waals surface area contributed by atoms with E-state index in [1.54, 1.807) is 33.0 Å². The molecule has 1 fully saturated rings. The number of hydrogen-bond acceptors (Lipinski definition) is 7. The van der Waals surface area contributed by atoms with Crippen molar-refractivity contribution >= 4 is 22.8 Å². The Balaban J connectivity index is 1.72. The molecule has 0 saturated carbocycles. The number of nitrogens with zero attached hydrogens (tertiary/aromatic N) is 6. The highest BCUT2D eigenvalue weighted by Gasteiger charge is 2.38. The van der Waals surface area contributed by atoms with E-state index in [1.807, 2.05) is 24.8 Å². The second-order valence-corrected chi connectivity index (χ2v) is 10.7. The highest BCUT2D eigenvalue weighted by atomic mass is 19.4. The fourth-order valence-corrected chi connectivity index (χ4v) is 5.30. The SMILES string of the molecule is CC[C@@H]1CN(c2nc(=O)n(C)c3ccc(C#N)nc23)[C@@H](C)CN1C(CNC(=O)C(C)C)c1ccc(C(F)(F)F)cc1. The Labute approximate surface area is 236 Å². The topological polar surface area (TPSA) is 107 Å². The number of amides is 1. The number of benzene rings is 1. The lowest BCUT2D eigenvalue weighted by Crippen LogP contribution is -2.59. The van der Waals surface area contributed by atoms with Gasteiger partial charge in [-0.15, -0.1) is 0 Å². The summed E-state index contributed by atoms with van der Waals surface area (Å²) < 4.78 is 41.2. The Morgan fingerprint density at radius 3 is 2.41 bits per heavy atom. The Bertz CT molecular complexity index is 1510. The predicted molar refractivity (Wildman–Crippen MR) is 149 cm³/mol. The molecule has 1 aliphatic heterocycles. The van der Waals surface area contributed by atoms with Crippen molar-refractivity contribution in [3.05, 3.63) is 63.7 Å². The van der Waals surface area contributed by atoms with Crippen molar-refractivity contribution in [2.24, 2.45) is 13.0 Å². The van der Waals surface area contributed by atoms with Crippen molar-refractivity contribution in [3.8, 4) is 6.07 Å². The van der Waals surface area contributed by atoms with Crippen molar-refractivity contribution in [2.45, 2.75) is 58.4 Å². The van der Waals surface area contributed by atoms with Gasteiger partial charge in [0.2, 0.25) is 5.91 Å². The zero-order chi connectivity index (χ0) is 30.1. The molecular formula is C29H34F3N7O2. The minimum Gasteiger partial charge on any atom is -0.354 e. The molecule has 0 bridgehead atoms. The van der Waals surface area contributed by atoms with E-state index in [1.165, 1.54) is 16.7 Å². The fourth-order valence-electron chi connectivity index (χ4n) is 5.30. The van der Waals surface area contributed by atoms with Crippen molar-refractivity contribution in [2.75, 3.05) is 24.5 Å². The summed E-state index contributed by atoms with van der Waals surface area (Å²) in [5.41, 5.74) is 0.704. The van der Waals surface area contributed by atoms with Gasteiger partial charge in [0.05, 0.1) is 17.1 Å². The number of aromatic nitrogens is 3. The first-order chi connectivity index (χ1) is 19.3. The lowest BCUT2D eigenvalue weighted by molar-refractivity contribution is -0.137. The Morgan fingerprint density at radius 1 is 1.15 bits per heavy atom. The summed E-state index contributed by atoms with van der Waals surface area (Å²) in [5, 5.41) is 12.4. The first-order valence-electron chi connectivity index (χ1n) is 13.6. The largest absolute Gasteiger partial charge is 0.416 e. The molecule has 4 rings (SSSR count). The maximum atomic E-state index is 13.3. The van der Waals surface area contributed by atoms with E-state index < -0.39 is 17.4 Å². The van der Waals surface area contributed by atoms with Crippen LogP contribution in [-0.2, 0) is 18.0 Å². The molecule has 1 N–H and O–H groups in total. The normalized spacial score (nSPS) is 18.9. The molecule has 0 spiro atoms. The van der Waals surface area contributed by atoms with E-state index in [-0.39, 0.29) is 42.2 Å². The molecule has 12 heteroatoms. The average Bonchev–Trinajstić information content (AvgIpc) is 2.94. The van der Waals surface area contributed by atoms with Crippen LogP contribution < -0.4 is 15.9 Å². The summed E-state index contributed by atoms with van der Waals surface area (Å²) in [6, 6.07) is 9.73. The third kappa shape index (κ3) is 6.20. The standard InChI is InChI=1S/C29H34F3N7O2/c1-6-22-16-38(26-25-23(37(5)28(41)36-26)12-11-21(13-33)35-25)18(4)15-39(22)24(14-34-27(40)17(2)3)19-7-9-20(10-8-19)29(30,31)32/h7-12,17-18,22,24H,6,14-16H2,1-5H3,(H,34,40)/t18-,22+,24?/m0/s1. The van der Waals surface area contributed by atoms with Crippen LogP contribution in [0.15, 0.2) is 41.2 Å². The molecule has 0 radical (unpaired) electrons. The number of fused-ring (bicyclic) bond motifs is 1. The second-order valence-electron chi connectivity index (χ2n) is 10.7. The molecule has 0 aliphatic carbocycles. The van der Waals surface area contributed by atoms with Gasteiger partial charge < -0.3 is 10.2 Å². The lowest BCUT2D eigenvalue weighted by atomic mass is 9.96. The first kappa shape index (κ1) is 30.0. The van der Waals surface area contributed by atoms with E-state index in [4.69, 9.17) is 0 Å². The van der Waals surface area contributed by atoms with Crippen LogP contribution in [0.2, 0.25) is 0 Å². The van der Waals surface area contributed by atoms with Crippen LogP contribution in [0, 0.1) is 17.2 Å². The minimum absolute atomic E-state index is 0.0884. The van der Waals surface area contributed by atoms with Gasteiger partial charge in [-0.3, -0.25) is 14.3 Å². The van der Waals surface area contributed by atoms with Crippen LogP contribution in [0.3, 0.4) is 0 Å². The van der Waals surface area contributed by atoms with E-state index in [9.17, 15) is 28.0 Å². The van der Waals surface area contributed by atoms with Crippen molar-refractivity contribution in [1.29, 1.82) is 5.26 Å². The quantitative estimate of drug-likeness (QED) is 0.458. The monoisotopic (exact) mass is 569 g/mol. The summed E-state index contributed by atoms with van der Waals surface area (Å²) in [7, 11) is 1.60. The van der Waals surface area contributed by atoms with Gasteiger partial charge in [-0.05, 0) is 43.2 Å². The maximum Gasteiger partial charge on any atom is 0.416 e. The van der Waals surface area contributed by atoms with Gasteiger partial charge in [-0.1, -0.05) is 32.9 Å². The van der Waals surface area contributed by atoms with Crippen LogP contribution in [0.5, 0.6) is 0 Å². The van der Waals surface area contributed by atoms with Crippen LogP contribution in [-0.4, -0.2) is 57.1 Å². The summed E-state index contributed by atoms with van der Waals surface area (Å²) in [6.07, 6.45) is -3.76.